The van der Waals surface area contributed by atoms with Gasteiger partial charge in [-0.15, -0.1) is 0 Å². The lowest BCUT2D eigenvalue weighted by Gasteiger charge is -2.17. The van der Waals surface area contributed by atoms with Crippen LogP contribution in [0.4, 0.5) is 4.39 Å². The van der Waals surface area contributed by atoms with Crippen molar-refractivity contribution in [2.24, 2.45) is 5.16 Å². The summed E-state index contributed by atoms with van der Waals surface area (Å²) in [7, 11) is 0. The number of nitrogens with zero attached hydrogens (tertiary/aromatic N) is 1. The standard InChI is InChI=1S/C20H21ClFNO6/c1-11-8-17-16(29-17)5-3-2-4-12(23-27-7-6-22)9-13-18(20(26)28-11)14(24)10-15(25)19(13)21/h2-5,10-11,16-17,24-25H,6-9H2,1H3/b4-2-,5-3-,23-12+/t11-,16-,17-/m1/s1. The normalized spacial score (nSPS) is 27.9. The fourth-order valence-corrected chi connectivity index (χ4v) is 3.23. The van der Waals surface area contributed by atoms with E-state index in [1.807, 2.05) is 6.08 Å². The molecule has 156 valence electrons. The number of hydrogen-bond donors (Lipinski definition) is 2. The molecule has 0 bridgehead atoms. The summed E-state index contributed by atoms with van der Waals surface area (Å²) in [6, 6.07) is 0.977. The van der Waals surface area contributed by atoms with Gasteiger partial charge >= 0.3 is 5.97 Å². The number of fused-ring (bicyclic) bond motifs is 2. The molecule has 0 radical (unpaired) electrons. The molecule has 29 heavy (non-hydrogen) atoms. The van der Waals surface area contributed by atoms with Crippen LogP contribution in [0.25, 0.3) is 0 Å². The van der Waals surface area contributed by atoms with E-state index in [1.165, 1.54) is 0 Å². The Morgan fingerprint density at radius 2 is 2.14 bits per heavy atom. The minimum atomic E-state index is -0.787. The molecule has 3 rings (SSSR count). The Labute approximate surface area is 172 Å². The molecule has 1 saturated heterocycles. The van der Waals surface area contributed by atoms with Crippen LogP contribution in [-0.2, 0) is 20.7 Å². The molecule has 1 fully saturated rings. The molecule has 2 aliphatic heterocycles. The third-order valence-corrected chi connectivity index (χ3v) is 4.85. The molecule has 9 heteroatoms. The Hall–Kier alpha value is -2.58. The minimum Gasteiger partial charge on any atom is -0.507 e. The highest BCUT2D eigenvalue weighted by molar-refractivity contribution is 6.33. The second kappa shape index (κ2) is 9.28. The van der Waals surface area contributed by atoms with Gasteiger partial charge in [-0.2, -0.15) is 0 Å². The summed E-state index contributed by atoms with van der Waals surface area (Å²) in [5.41, 5.74) is 0.240. The van der Waals surface area contributed by atoms with Gasteiger partial charge in [-0.3, -0.25) is 0 Å². The van der Waals surface area contributed by atoms with Crippen LogP contribution in [0.5, 0.6) is 11.5 Å². The third kappa shape index (κ3) is 5.27. The van der Waals surface area contributed by atoms with E-state index in [0.29, 0.717) is 12.1 Å². The molecule has 2 N–H and O–H groups in total. The Morgan fingerprint density at radius 3 is 2.90 bits per heavy atom. The van der Waals surface area contributed by atoms with Crippen molar-refractivity contribution in [2.45, 2.75) is 38.1 Å². The molecule has 0 saturated carbocycles. The zero-order chi connectivity index (χ0) is 21.0. The van der Waals surface area contributed by atoms with Crippen molar-refractivity contribution in [3.05, 3.63) is 46.5 Å². The lowest BCUT2D eigenvalue weighted by atomic mass is 9.99. The molecule has 0 amide bonds. The van der Waals surface area contributed by atoms with Crippen LogP contribution >= 0.6 is 11.6 Å². The average molecular weight is 426 g/mol. The van der Waals surface area contributed by atoms with E-state index in [0.717, 1.165) is 6.07 Å². The number of hydrogen-bond acceptors (Lipinski definition) is 7. The van der Waals surface area contributed by atoms with E-state index < -0.39 is 30.2 Å². The first-order valence-electron chi connectivity index (χ1n) is 9.10. The predicted molar refractivity (Wildman–Crippen MR) is 104 cm³/mol. The number of carbonyl (C=O) groups is 1. The van der Waals surface area contributed by atoms with Crippen LogP contribution in [0.2, 0.25) is 5.02 Å². The second-order valence-corrected chi connectivity index (χ2v) is 7.08. The van der Waals surface area contributed by atoms with E-state index in [-0.39, 0.29) is 41.4 Å². The van der Waals surface area contributed by atoms with Crippen LogP contribution in [0.3, 0.4) is 0 Å². The summed E-state index contributed by atoms with van der Waals surface area (Å²) < 4.78 is 23.3. The molecule has 0 unspecified atom stereocenters. The van der Waals surface area contributed by atoms with Crippen molar-refractivity contribution >= 4 is 23.3 Å². The number of carbonyl (C=O) groups excluding carboxylic acids is 1. The summed E-state index contributed by atoms with van der Waals surface area (Å²) in [4.78, 5) is 17.7. The molecule has 1 aromatic carbocycles. The number of oxime groups is 1. The van der Waals surface area contributed by atoms with Crippen molar-refractivity contribution in [1.82, 2.24) is 0 Å². The summed E-state index contributed by atoms with van der Waals surface area (Å²) in [5.74, 6) is -1.66. The maximum atomic E-state index is 12.7. The number of benzene rings is 1. The number of allylic oxidation sites excluding steroid dienone is 3. The first kappa shape index (κ1) is 21.1. The number of alkyl halides is 1. The van der Waals surface area contributed by atoms with Crippen molar-refractivity contribution in [1.29, 1.82) is 0 Å². The van der Waals surface area contributed by atoms with Gasteiger partial charge in [0.05, 0.1) is 16.8 Å². The van der Waals surface area contributed by atoms with Gasteiger partial charge in [0.1, 0.15) is 42.6 Å². The molecule has 0 spiro atoms. The number of phenols is 2. The Kier molecular flexibility index (Phi) is 6.76. The molecule has 2 heterocycles. The van der Waals surface area contributed by atoms with Crippen LogP contribution in [0.1, 0.15) is 29.3 Å². The highest BCUT2D eigenvalue weighted by Gasteiger charge is 2.38. The van der Waals surface area contributed by atoms with Crippen LogP contribution in [0.15, 0.2) is 35.5 Å². The fourth-order valence-electron chi connectivity index (χ4n) is 3.02. The smallest absolute Gasteiger partial charge is 0.342 e. The first-order chi connectivity index (χ1) is 13.9. The van der Waals surface area contributed by atoms with Gasteiger partial charge in [0.2, 0.25) is 0 Å². The molecule has 3 atom stereocenters. The van der Waals surface area contributed by atoms with Crippen molar-refractivity contribution in [2.75, 3.05) is 13.3 Å². The van der Waals surface area contributed by atoms with E-state index in [9.17, 15) is 19.4 Å². The molecule has 2 aliphatic rings. The summed E-state index contributed by atoms with van der Waals surface area (Å²) >= 11 is 6.21. The first-order valence-corrected chi connectivity index (χ1v) is 9.48. The minimum absolute atomic E-state index is 0.0668. The van der Waals surface area contributed by atoms with Gasteiger partial charge < -0.3 is 24.5 Å². The van der Waals surface area contributed by atoms with Crippen molar-refractivity contribution < 1.29 is 33.7 Å². The van der Waals surface area contributed by atoms with Gasteiger partial charge in [0.15, 0.2) is 0 Å². The molecular weight excluding hydrogens is 405 g/mol. The van der Waals surface area contributed by atoms with E-state index >= 15 is 0 Å². The monoisotopic (exact) mass is 425 g/mol. The number of rotatable bonds is 3. The number of ether oxygens (including phenoxy) is 2. The molecule has 0 aromatic heterocycles. The quantitative estimate of drug-likeness (QED) is 0.333. The topological polar surface area (TPSA) is 101 Å². The molecule has 0 aliphatic carbocycles. The zero-order valence-electron chi connectivity index (χ0n) is 15.7. The lowest BCUT2D eigenvalue weighted by Crippen LogP contribution is -2.20. The molecule has 7 nitrogen and oxygen atoms in total. The summed E-state index contributed by atoms with van der Waals surface area (Å²) in [5, 5.41) is 24.0. The van der Waals surface area contributed by atoms with Crippen LogP contribution in [-0.4, -0.2) is 53.5 Å². The van der Waals surface area contributed by atoms with Gasteiger partial charge in [-0.05, 0) is 18.6 Å². The molecular formula is C20H21ClFNO6. The highest BCUT2D eigenvalue weighted by atomic mass is 35.5. The van der Waals surface area contributed by atoms with Crippen molar-refractivity contribution in [3.8, 4) is 11.5 Å². The van der Waals surface area contributed by atoms with Crippen molar-refractivity contribution in [3.63, 3.8) is 0 Å². The van der Waals surface area contributed by atoms with Gasteiger partial charge in [-0.1, -0.05) is 35.0 Å². The number of aromatic hydroxyl groups is 2. The number of halogens is 2. The SMILES string of the molecule is C[C@@H]1C[C@H]2O[C@@H]2\C=C/C=C\C(=N/OCCF)Cc2c(Cl)c(O)cc(O)c2C(=O)O1. The highest BCUT2D eigenvalue weighted by Crippen LogP contribution is 2.38. The predicted octanol–water partition coefficient (Wildman–Crippen LogP) is 3.46. The molecule has 1 aromatic rings. The number of esters is 1. The maximum Gasteiger partial charge on any atom is 0.342 e. The summed E-state index contributed by atoms with van der Waals surface area (Å²) in [6.07, 6.45) is 6.75. The second-order valence-electron chi connectivity index (χ2n) is 6.70. The Morgan fingerprint density at radius 1 is 1.34 bits per heavy atom. The summed E-state index contributed by atoms with van der Waals surface area (Å²) in [6.45, 7) is 0.767. The van der Waals surface area contributed by atoms with E-state index in [1.54, 1.807) is 25.2 Å². The number of cyclic esters (lactones) is 1. The average Bonchev–Trinajstić information content (AvgIpc) is 3.39. The fraction of sp³-hybridized carbons (Fsp3) is 0.400. The lowest BCUT2D eigenvalue weighted by molar-refractivity contribution is 0.0306. The van der Waals surface area contributed by atoms with Crippen LogP contribution in [0, 0.1) is 0 Å². The third-order valence-electron chi connectivity index (χ3n) is 4.43. The largest absolute Gasteiger partial charge is 0.507 e. The number of epoxide rings is 1. The van der Waals surface area contributed by atoms with Gasteiger partial charge in [0, 0.05) is 18.9 Å². The van der Waals surface area contributed by atoms with Gasteiger partial charge in [0.25, 0.3) is 0 Å². The Balaban J connectivity index is 2.03. The van der Waals surface area contributed by atoms with Gasteiger partial charge in [-0.25, -0.2) is 9.18 Å². The number of phenolic OH excluding ortho intramolecular Hbond substituents is 2. The Bertz CT molecular complexity index is 869. The zero-order valence-corrected chi connectivity index (χ0v) is 16.4. The van der Waals surface area contributed by atoms with Crippen LogP contribution < -0.4 is 0 Å². The van der Waals surface area contributed by atoms with E-state index in [4.69, 9.17) is 25.9 Å². The van der Waals surface area contributed by atoms with E-state index in [2.05, 4.69) is 5.16 Å². The maximum absolute atomic E-state index is 12.7.